The minimum Gasteiger partial charge on any atom is -0.508 e. The van der Waals surface area contributed by atoms with Crippen molar-refractivity contribution in [2.75, 3.05) is 19.8 Å². The molecule has 1 saturated heterocycles. The van der Waals surface area contributed by atoms with E-state index in [-0.39, 0.29) is 17.9 Å². The fourth-order valence-electron chi connectivity index (χ4n) is 1.73. The summed E-state index contributed by atoms with van der Waals surface area (Å²) in [5.74, 6) is -0.0638. The first kappa shape index (κ1) is 11.1. The molecule has 5 nitrogen and oxygen atoms in total. The fraction of sp³-hybridized carbons (Fsp3) is 0.364. The van der Waals surface area contributed by atoms with Crippen LogP contribution in [-0.2, 0) is 10.5 Å². The molecular weight excluding hydrogens is 210 g/mol. The number of morpholine rings is 1. The number of hydrogen-bond acceptors (Lipinski definition) is 5. The number of phenols is 1. The minimum atomic E-state index is -1.43. The van der Waals surface area contributed by atoms with E-state index in [0.29, 0.717) is 25.0 Å². The highest BCUT2D eigenvalue weighted by atomic mass is 16.5. The van der Waals surface area contributed by atoms with Crippen LogP contribution in [-0.4, -0.2) is 36.3 Å². The Balaban J connectivity index is 2.40. The lowest BCUT2D eigenvalue weighted by atomic mass is 9.99. The molecular formula is C11H13NO4. The van der Waals surface area contributed by atoms with Crippen molar-refractivity contribution >= 4 is 6.29 Å². The second-order valence-electron chi connectivity index (χ2n) is 3.73. The van der Waals surface area contributed by atoms with Crippen molar-refractivity contribution < 1.29 is 19.7 Å². The number of aromatic hydroxyl groups is 1. The predicted octanol–water partition coefficient (Wildman–Crippen LogP) is -0.0304. The van der Waals surface area contributed by atoms with Gasteiger partial charge >= 0.3 is 0 Å². The average Bonchev–Trinajstić information content (AvgIpc) is 2.30. The van der Waals surface area contributed by atoms with Crippen LogP contribution in [0.5, 0.6) is 5.75 Å². The molecule has 2 rings (SSSR count). The van der Waals surface area contributed by atoms with Gasteiger partial charge in [0.2, 0.25) is 0 Å². The largest absolute Gasteiger partial charge is 0.508 e. The maximum atomic E-state index is 10.6. The van der Waals surface area contributed by atoms with Gasteiger partial charge in [0.05, 0.1) is 13.2 Å². The molecule has 0 spiro atoms. The zero-order chi connectivity index (χ0) is 11.6. The molecule has 1 aromatic rings. The molecule has 1 aliphatic heterocycles. The SMILES string of the molecule is O=Cc1ccc(O)c([C@@]2(O)COCCN2)c1. The number of aliphatic hydroxyl groups is 1. The van der Waals surface area contributed by atoms with Crippen molar-refractivity contribution in [3.05, 3.63) is 29.3 Å². The van der Waals surface area contributed by atoms with Gasteiger partial charge in [0.25, 0.3) is 0 Å². The molecule has 1 aromatic carbocycles. The maximum Gasteiger partial charge on any atom is 0.169 e. The summed E-state index contributed by atoms with van der Waals surface area (Å²) in [6, 6.07) is 4.32. The quantitative estimate of drug-likeness (QED) is 0.614. The van der Waals surface area contributed by atoms with Crippen molar-refractivity contribution in [3.8, 4) is 5.75 Å². The molecule has 0 aromatic heterocycles. The van der Waals surface area contributed by atoms with Crippen LogP contribution in [0, 0.1) is 0 Å². The summed E-state index contributed by atoms with van der Waals surface area (Å²) >= 11 is 0. The number of ether oxygens (including phenoxy) is 1. The number of phenolic OH excluding ortho intramolecular Hbond substituents is 1. The second-order valence-corrected chi connectivity index (χ2v) is 3.73. The first-order valence-corrected chi connectivity index (χ1v) is 4.99. The number of nitrogens with one attached hydrogen (secondary N) is 1. The Bertz CT molecular complexity index is 399. The van der Waals surface area contributed by atoms with E-state index in [2.05, 4.69) is 5.32 Å². The Kier molecular flexibility index (Phi) is 2.91. The molecule has 16 heavy (non-hydrogen) atoms. The van der Waals surface area contributed by atoms with E-state index >= 15 is 0 Å². The van der Waals surface area contributed by atoms with Crippen LogP contribution < -0.4 is 5.32 Å². The number of hydrogen-bond donors (Lipinski definition) is 3. The summed E-state index contributed by atoms with van der Waals surface area (Å²) in [7, 11) is 0. The van der Waals surface area contributed by atoms with Crippen LogP contribution in [0.2, 0.25) is 0 Å². The van der Waals surface area contributed by atoms with Crippen LogP contribution in [0.1, 0.15) is 15.9 Å². The van der Waals surface area contributed by atoms with E-state index < -0.39 is 5.72 Å². The highest BCUT2D eigenvalue weighted by molar-refractivity contribution is 5.75. The number of carbonyl (C=O) groups is 1. The molecule has 1 heterocycles. The zero-order valence-corrected chi connectivity index (χ0v) is 8.64. The first-order valence-electron chi connectivity index (χ1n) is 4.99. The van der Waals surface area contributed by atoms with E-state index in [1.54, 1.807) is 0 Å². The molecule has 5 heteroatoms. The topological polar surface area (TPSA) is 78.8 Å². The Labute approximate surface area is 92.7 Å². The first-order chi connectivity index (χ1) is 7.65. The zero-order valence-electron chi connectivity index (χ0n) is 8.64. The molecule has 0 aliphatic carbocycles. The lowest BCUT2D eigenvalue weighted by molar-refractivity contribution is -0.107. The molecule has 1 fully saturated rings. The smallest absolute Gasteiger partial charge is 0.169 e. The average molecular weight is 223 g/mol. The molecule has 3 N–H and O–H groups in total. The normalized spacial score (nSPS) is 25.3. The van der Waals surface area contributed by atoms with E-state index in [4.69, 9.17) is 4.74 Å². The number of carbonyl (C=O) groups excluding carboxylic acids is 1. The second kappa shape index (κ2) is 4.21. The Morgan fingerprint density at radius 1 is 1.50 bits per heavy atom. The van der Waals surface area contributed by atoms with Crippen molar-refractivity contribution in [1.29, 1.82) is 0 Å². The molecule has 1 atom stereocenters. The lowest BCUT2D eigenvalue weighted by Crippen LogP contribution is -2.51. The van der Waals surface area contributed by atoms with Crippen LogP contribution in [0.4, 0.5) is 0 Å². The lowest BCUT2D eigenvalue weighted by Gasteiger charge is -2.34. The third-order valence-electron chi connectivity index (χ3n) is 2.58. The molecule has 86 valence electrons. The molecule has 0 bridgehead atoms. The predicted molar refractivity (Wildman–Crippen MR) is 56.2 cm³/mol. The van der Waals surface area contributed by atoms with E-state index in [1.165, 1.54) is 18.2 Å². The van der Waals surface area contributed by atoms with Gasteiger partial charge < -0.3 is 14.9 Å². The van der Waals surface area contributed by atoms with Gasteiger partial charge in [-0.05, 0) is 18.2 Å². The van der Waals surface area contributed by atoms with Crippen LogP contribution in [0.15, 0.2) is 18.2 Å². The minimum absolute atomic E-state index is 0.0445. The van der Waals surface area contributed by atoms with Gasteiger partial charge in [-0.3, -0.25) is 10.1 Å². The van der Waals surface area contributed by atoms with Gasteiger partial charge in [-0.1, -0.05) is 0 Å². The summed E-state index contributed by atoms with van der Waals surface area (Å²) in [4.78, 5) is 10.6. The number of benzene rings is 1. The van der Waals surface area contributed by atoms with Gasteiger partial charge in [-0.2, -0.15) is 0 Å². The summed E-state index contributed by atoms with van der Waals surface area (Å²) < 4.78 is 5.16. The summed E-state index contributed by atoms with van der Waals surface area (Å²) in [6.07, 6.45) is 0.663. The van der Waals surface area contributed by atoms with Gasteiger partial charge in [-0.15, -0.1) is 0 Å². The Hall–Kier alpha value is -1.43. The highest BCUT2D eigenvalue weighted by Gasteiger charge is 2.34. The van der Waals surface area contributed by atoms with Crippen molar-refractivity contribution in [2.45, 2.75) is 5.72 Å². The van der Waals surface area contributed by atoms with Gasteiger partial charge in [0.1, 0.15) is 12.0 Å². The van der Waals surface area contributed by atoms with Gasteiger partial charge in [0.15, 0.2) is 5.72 Å². The van der Waals surface area contributed by atoms with E-state index in [0.717, 1.165) is 0 Å². The van der Waals surface area contributed by atoms with E-state index in [9.17, 15) is 15.0 Å². The third kappa shape index (κ3) is 1.92. The number of aldehydes is 1. The molecule has 0 saturated carbocycles. The van der Waals surface area contributed by atoms with Crippen molar-refractivity contribution in [2.24, 2.45) is 0 Å². The van der Waals surface area contributed by atoms with Gasteiger partial charge in [-0.25, -0.2) is 0 Å². The summed E-state index contributed by atoms with van der Waals surface area (Å²) in [5.41, 5.74) is -0.771. The van der Waals surface area contributed by atoms with Crippen LogP contribution in [0.3, 0.4) is 0 Å². The highest BCUT2D eigenvalue weighted by Crippen LogP contribution is 2.29. The fourth-order valence-corrected chi connectivity index (χ4v) is 1.73. The van der Waals surface area contributed by atoms with Gasteiger partial charge in [0, 0.05) is 17.7 Å². The maximum absolute atomic E-state index is 10.6. The summed E-state index contributed by atoms with van der Waals surface area (Å²) in [5, 5.41) is 22.8. The Morgan fingerprint density at radius 3 is 2.94 bits per heavy atom. The third-order valence-corrected chi connectivity index (χ3v) is 2.58. The van der Waals surface area contributed by atoms with Crippen molar-refractivity contribution in [3.63, 3.8) is 0 Å². The molecule has 0 amide bonds. The van der Waals surface area contributed by atoms with E-state index in [1.807, 2.05) is 0 Å². The monoisotopic (exact) mass is 223 g/mol. The molecule has 0 unspecified atom stereocenters. The summed E-state index contributed by atoms with van der Waals surface area (Å²) in [6.45, 7) is 1.04. The Morgan fingerprint density at radius 2 is 2.31 bits per heavy atom. The van der Waals surface area contributed by atoms with Crippen molar-refractivity contribution in [1.82, 2.24) is 5.32 Å². The molecule has 0 radical (unpaired) electrons. The van der Waals surface area contributed by atoms with Crippen LogP contribution in [0.25, 0.3) is 0 Å². The molecule has 1 aliphatic rings. The number of rotatable bonds is 2. The van der Waals surface area contributed by atoms with Crippen LogP contribution >= 0.6 is 0 Å². The standard InChI is InChI=1S/C11H13NO4/c13-6-8-1-2-10(14)9(5-8)11(15)7-16-4-3-12-11/h1-2,5-6,12,14-15H,3-4,7H2/t11-/m0/s1.